The van der Waals surface area contributed by atoms with Gasteiger partial charge in [0.15, 0.2) is 11.6 Å². The summed E-state index contributed by atoms with van der Waals surface area (Å²) < 4.78 is 21.1. The lowest BCUT2D eigenvalue weighted by molar-refractivity contribution is -0.141. The molecule has 1 atom stereocenters. The van der Waals surface area contributed by atoms with E-state index in [0.717, 1.165) is 42.1 Å². The van der Waals surface area contributed by atoms with Gasteiger partial charge in [-0.1, -0.05) is 13.0 Å². The van der Waals surface area contributed by atoms with E-state index in [4.69, 9.17) is 4.74 Å². The van der Waals surface area contributed by atoms with Crippen molar-refractivity contribution in [2.24, 2.45) is 5.92 Å². The van der Waals surface area contributed by atoms with Gasteiger partial charge in [0, 0.05) is 10.9 Å². The molecule has 1 aliphatic carbocycles. The summed E-state index contributed by atoms with van der Waals surface area (Å²) in [6.45, 7) is 1.63. The molecule has 1 aromatic heterocycles. The molecule has 0 bridgehead atoms. The lowest BCUT2D eigenvalue weighted by atomic mass is 9.95. The average molecular weight is 382 g/mol. The topological polar surface area (TPSA) is 75.2 Å². The number of fused-ring (bicyclic) bond motifs is 1. The Kier molecular flexibility index (Phi) is 5.03. The Morgan fingerprint density at radius 1 is 1.32 bits per heavy atom. The van der Waals surface area contributed by atoms with Gasteiger partial charge in [0.2, 0.25) is 0 Å². The number of hydrogen-bond donors (Lipinski definition) is 2. The van der Waals surface area contributed by atoms with Gasteiger partial charge in [-0.2, -0.15) is 5.10 Å². The number of ether oxygens (including phenoxy) is 1. The number of nitrogens with zero attached hydrogens (tertiary/aromatic N) is 1. The highest BCUT2D eigenvalue weighted by atomic mass is 19.1. The molecule has 0 aliphatic heterocycles. The first-order chi connectivity index (χ1) is 13.5. The molecular weight excluding hydrogens is 359 g/mol. The van der Waals surface area contributed by atoms with E-state index in [-0.39, 0.29) is 18.3 Å². The SMILES string of the molecule is CC(Cc1cc(F)c(OC2CCCC2)c(-c2ccc3[nH]ncc3c2)c1)C(=O)O. The number of halogens is 1. The molecule has 146 valence electrons. The molecule has 28 heavy (non-hydrogen) atoms. The predicted octanol–water partition coefficient (Wildman–Crippen LogP) is 4.95. The third-order valence-corrected chi connectivity index (χ3v) is 5.40. The largest absolute Gasteiger partial charge is 0.487 e. The molecule has 4 rings (SSSR count). The van der Waals surface area contributed by atoms with Crippen LogP contribution in [-0.4, -0.2) is 27.4 Å². The van der Waals surface area contributed by atoms with Crippen LogP contribution in [0.5, 0.6) is 5.75 Å². The van der Waals surface area contributed by atoms with Crippen LogP contribution in [0.25, 0.3) is 22.0 Å². The number of carboxylic acid groups (broad SMARTS) is 1. The van der Waals surface area contributed by atoms with Gasteiger partial charge < -0.3 is 9.84 Å². The fraction of sp³-hybridized carbons (Fsp3) is 0.364. The van der Waals surface area contributed by atoms with Gasteiger partial charge in [-0.25, -0.2) is 4.39 Å². The molecule has 0 saturated heterocycles. The molecular formula is C22H23FN2O3. The monoisotopic (exact) mass is 382 g/mol. The molecule has 2 N–H and O–H groups in total. The zero-order chi connectivity index (χ0) is 19.7. The van der Waals surface area contributed by atoms with Gasteiger partial charge >= 0.3 is 5.97 Å². The van der Waals surface area contributed by atoms with Gasteiger partial charge in [0.25, 0.3) is 0 Å². The highest BCUT2D eigenvalue weighted by Gasteiger charge is 2.23. The van der Waals surface area contributed by atoms with Gasteiger partial charge in [0.05, 0.1) is 23.7 Å². The number of H-pyrrole nitrogens is 1. The molecule has 1 unspecified atom stereocenters. The van der Waals surface area contributed by atoms with Gasteiger partial charge in [-0.15, -0.1) is 0 Å². The van der Waals surface area contributed by atoms with Crippen molar-refractivity contribution in [1.29, 1.82) is 0 Å². The number of aromatic amines is 1. The second-order valence-electron chi connectivity index (χ2n) is 7.59. The summed E-state index contributed by atoms with van der Waals surface area (Å²) in [5.41, 5.74) is 3.03. The van der Waals surface area contributed by atoms with E-state index >= 15 is 4.39 Å². The Bertz CT molecular complexity index is 1010. The second kappa shape index (κ2) is 7.62. The summed E-state index contributed by atoms with van der Waals surface area (Å²) in [5.74, 6) is -1.68. The van der Waals surface area contributed by atoms with E-state index in [1.807, 2.05) is 24.3 Å². The first kappa shape index (κ1) is 18.5. The summed E-state index contributed by atoms with van der Waals surface area (Å²) >= 11 is 0. The van der Waals surface area contributed by atoms with Gasteiger partial charge in [0.1, 0.15) is 0 Å². The fourth-order valence-electron chi connectivity index (χ4n) is 3.83. The smallest absolute Gasteiger partial charge is 0.306 e. The molecule has 1 fully saturated rings. The lowest BCUT2D eigenvalue weighted by Crippen LogP contribution is -2.14. The van der Waals surface area contributed by atoms with Crippen LogP contribution >= 0.6 is 0 Å². The minimum Gasteiger partial charge on any atom is -0.487 e. The molecule has 1 aliphatic rings. The standard InChI is InChI=1S/C22H23FN2O3/c1-13(22(26)27)8-14-9-18(15-6-7-20-16(11-15)12-24-25-20)21(19(23)10-14)28-17-4-2-3-5-17/h6-7,9-13,17H,2-5,8H2,1H3,(H,24,25)(H,26,27). The molecule has 3 aromatic rings. The second-order valence-corrected chi connectivity index (χ2v) is 7.59. The highest BCUT2D eigenvalue weighted by molar-refractivity contribution is 5.85. The van der Waals surface area contributed by atoms with Crippen LogP contribution in [0.15, 0.2) is 36.5 Å². The molecule has 2 aromatic carbocycles. The van der Waals surface area contributed by atoms with Crippen molar-refractivity contribution in [2.45, 2.75) is 45.1 Å². The van der Waals surface area contributed by atoms with Crippen molar-refractivity contribution in [3.05, 3.63) is 47.9 Å². The summed E-state index contributed by atoms with van der Waals surface area (Å²) in [4.78, 5) is 11.2. The number of nitrogens with one attached hydrogen (secondary N) is 1. The van der Waals surface area contributed by atoms with E-state index < -0.39 is 17.7 Å². The first-order valence-corrected chi connectivity index (χ1v) is 9.66. The maximum absolute atomic E-state index is 15.1. The Balaban J connectivity index is 1.78. The molecule has 6 heteroatoms. The summed E-state index contributed by atoms with van der Waals surface area (Å²) in [6.07, 6.45) is 6.05. The maximum Gasteiger partial charge on any atom is 0.306 e. The van der Waals surface area contributed by atoms with Crippen molar-refractivity contribution in [1.82, 2.24) is 10.2 Å². The van der Waals surface area contributed by atoms with Crippen molar-refractivity contribution < 1.29 is 19.0 Å². The lowest BCUT2D eigenvalue weighted by Gasteiger charge is -2.19. The zero-order valence-corrected chi connectivity index (χ0v) is 15.7. The number of aliphatic carboxylic acids is 1. The van der Waals surface area contributed by atoms with E-state index in [1.54, 1.807) is 13.1 Å². The summed E-state index contributed by atoms with van der Waals surface area (Å²) in [6, 6.07) is 9.01. The van der Waals surface area contributed by atoms with E-state index in [1.165, 1.54) is 6.07 Å². The Morgan fingerprint density at radius 3 is 2.86 bits per heavy atom. The number of carbonyl (C=O) groups is 1. The minimum absolute atomic E-state index is 0.0229. The van der Waals surface area contributed by atoms with E-state index in [0.29, 0.717) is 11.1 Å². The first-order valence-electron chi connectivity index (χ1n) is 9.66. The number of hydrogen-bond acceptors (Lipinski definition) is 3. The molecule has 0 spiro atoms. The van der Waals surface area contributed by atoms with Crippen LogP contribution in [0.4, 0.5) is 4.39 Å². The number of aromatic nitrogens is 2. The van der Waals surface area contributed by atoms with Crippen LogP contribution in [0.1, 0.15) is 38.2 Å². The highest BCUT2D eigenvalue weighted by Crippen LogP contribution is 2.38. The van der Waals surface area contributed by atoms with Crippen molar-refractivity contribution in [2.75, 3.05) is 0 Å². The van der Waals surface area contributed by atoms with Crippen molar-refractivity contribution in [3.63, 3.8) is 0 Å². The van der Waals surface area contributed by atoms with Crippen molar-refractivity contribution in [3.8, 4) is 16.9 Å². The van der Waals surface area contributed by atoms with Gasteiger partial charge in [-0.3, -0.25) is 9.89 Å². The number of rotatable bonds is 6. The minimum atomic E-state index is -0.895. The molecule has 1 saturated carbocycles. The molecule has 1 heterocycles. The average Bonchev–Trinajstić information content (AvgIpc) is 3.34. The van der Waals surface area contributed by atoms with Crippen LogP contribution in [0.2, 0.25) is 0 Å². The molecule has 0 amide bonds. The molecule has 0 radical (unpaired) electrons. The number of carboxylic acids is 1. The Labute approximate surface area is 162 Å². The molecule has 5 nitrogen and oxygen atoms in total. The maximum atomic E-state index is 15.1. The third kappa shape index (κ3) is 3.72. The van der Waals surface area contributed by atoms with Crippen LogP contribution in [0, 0.1) is 11.7 Å². The summed E-state index contributed by atoms with van der Waals surface area (Å²) in [7, 11) is 0. The van der Waals surface area contributed by atoms with Crippen molar-refractivity contribution >= 4 is 16.9 Å². The predicted molar refractivity (Wildman–Crippen MR) is 105 cm³/mol. The van der Waals surface area contributed by atoms with E-state index in [9.17, 15) is 9.90 Å². The van der Waals surface area contributed by atoms with E-state index in [2.05, 4.69) is 10.2 Å². The van der Waals surface area contributed by atoms with Crippen LogP contribution < -0.4 is 4.74 Å². The Morgan fingerprint density at radius 2 is 2.11 bits per heavy atom. The van der Waals surface area contributed by atoms with Gasteiger partial charge in [-0.05, 0) is 67.5 Å². The third-order valence-electron chi connectivity index (χ3n) is 5.40. The van der Waals surface area contributed by atoms with Crippen LogP contribution in [-0.2, 0) is 11.2 Å². The zero-order valence-electron chi connectivity index (χ0n) is 15.7. The Hall–Kier alpha value is -2.89. The normalized spacial score (nSPS) is 15.8. The fourth-order valence-corrected chi connectivity index (χ4v) is 3.83. The summed E-state index contributed by atoms with van der Waals surface area (Å²) in [5, 5.41) is 17.1. The van der Waals surface area contributed by atoms with Crippen LogP contribution in [0.3, 0.4) is 0 Å². The number of benzene rings is 2. The quantitative estimate of drug-likeness (QED) is 0.632.